The highest BCUT2D eigenvalue weighted by atomic mass is 19.1. The molecule has 292 valence electrons. The van der Waals surface area contributed by atoms with E-state index in [9.17, 15) is 18.4 Å². The zero-order chi connectivity index (χ0) is 39.7. The molecule has 0 bridgehead atoms. The first kappa shape index (κ1) is 40.1. The number of ether oxygens (including phenoxy) is 1. The van der Waals surface area contributed by atoms with Crippen molar-refractivity contribution in [3.8, 4) is 12.3 Å². The first-order valence-corrected chi connectivity index (χ1v) is 19.7. The summed E-state index contributed by atoms with van der Waals surface area (Å²) in [5, 5.41) is 7.75. The van der Waals surface area contributed by atoms with E-state index in [4.69, 9.17) is 11.2 Å². The molecule has 0 aliphatic heterocycles. The van der Waals surface area contributed by atoms with Crippen LogP contribution in [0.1, 0.15) is 96.7 Å². The summed E-state index contributed by atoms with van der Waals surface area (Å²) in [5.74, 6) is 0.891. The van der Waals surface area contributed by atoms with Crippen molar-refractivity contribution in [2.45, 2.75) is 89.9 Å². The molecule has 8 nitrogen and oxygen atoms in total. The predicted molar refractivity (Wildman–Crippen MR) is 218 cm³/mol. The maximum absolute atomic E-state index is 14.6. The number of unbranched alkanes of at least 4 members (excludes halogenated alkanes) is 1. The van der Waals surface area contributed by atoms with E-state index in [0.717, 1.165) is 86.3 Å². The second kappa shape index (κ2) is 18.4. The molecular formula is C46H51F2N5O3. The maximum Gasteiger partial charge on any atom is 0.338 e. The molecule has 0 spiro atoms. The van der Waals surface area contributed by atoms with Crippen LogP contribution in [0, 0.1) is 24.0 Å². The van der Waals surface area contributed by atoms with Crippen LogP contribution < -0.4 is 15.5 Å². The minimum Gasteiger partial charge on any atom is -0.455 e. The Labute approximate surface area is 328 Å². The van der Waals surface area contributed by atoms with Gasteiger partial charge in [-0.15, -0.1) is 6.42 Å². The topological polar surface area (TPSA) is 88.5 Å². The van der Waals surface area contributed by atoms with Crippen molar-refractivity contribution in [1.29, 1.82) is 0 Å². The summed E-state index contributed by atoms with van der Waals surface area (Å²) < 4.78 is 37.7. The zero-order valence-electron chi connectivity index (χ0n) is 32.5. The van der Waals surface area contributed by atoms with Crippen LogP contribution in [0.4, 0.5) is 14.6 Å². The number of aryl methyl sites for hydroxylation is 1. The summed E-state index contributed by atoms with van der Waals surface area (Å²) in [7, 11) is 0. The van der Waals surface area contributed by atoms with Gasteiger partial charge in [0.05, 0.1) is 11.6 Å². The van der Waals surface area contributed by atoms with Crippen LogP contribution in [-0.2, 0) is 23.2 Å². The number of aromatic nitrogens is 2. The van der Waals surface area contributed by atoms with Gasteiger partial charge in [0.15, 0.2) is 0 Å². The molecular weight excluding hydrogens is 709 g/mol. The Morgan fingerprint density at radius 1 is 0.946 bits per heavy atom. The van der Waals surface area contributed by atoms with E-state index in [1.165, 1.54) is 12.1 Å². The van der Waals surface area contributed by atoms with Gasteiger partial charge in [0, 0.05) is 66.8 Å². The van der Waals surface area contributed by atoms with Gasteiger partial charge < -0.3 is 24.8 Å². The predicted octanol–water partition coefficient (Wildman–Crippen LogP) is 8.57. The highest BCUT2D eigenvalue weighted by Gasteiger charge is 2.45. The van der Waals surface area contributed by atoms with Gasteiger partial charge in [0.1, 0.15) is 23.6 Å². The number of anilines is 1. The molecule has 2 heterocycles. The Morgan fingerprint density at radius 2 is 1.71 bits per heavy atom. The number of carbonyl (C=O) groups excluding carboxylic acids is 2. The average Bonchev–Trinajstić information content (AvgIpc) is 3.89. The number of fused-ring (bicyclic) bond motifs is 1. The second-order valence-electron chi connectivity index (χ2n) is 14.7. The van der Waals surface area contributed by atoms with Crippen molar-refractivity contribution < 1.29 is 23.1 Å². The average molecular weight is 760 g/mol. The molecule has 2 N–H and O–H groups in total. The molecule has 2 aromatic heterocycles. The SMILES string of the molecule is C#Cc1cccc(C2(NC[C@@H](OC(=O)c3ccc4ccn(CCCC)c4c3)[C@H](Cc3cc(F)cc(F)c3)NC(=O)c3ccnc(N(CCC)CCC)c3)CC2)c1. The van der Waals surface area contributed by atoms with Crippen LogP contribution in [0.15, 0.2) is 91.3 Å². The largest absolute Gasteiger partial charge is 0.455 e. The standard InChI is InChI=1S/C46H51F2N5O3/c1-5-9-22-52-23-16-34-13-14-36(28-41(34)52)45(55)56-42(31-50-46(17-18-46)37-12-10-11-32(8-4)24-37)40(27-33-25-38(47)30-39(48)26-33)51-44(54)35-15-19-49-43(29-35)53(20-6-2)21-7-3/h4,10-16,19,23-26,28-30,40,42,50H,5-7,9,17-18,20-22,27,31H2,1-3H3,(H,51,54)/t40-,42+/m0/s1. The van der Waals surface area contributed by atoms with Crippen molar-refractivity contribution in [3.63, 3.8) is 0 Å². The number of nitrogens with zero attached hydrogens (tertiary/aromatic N) is 3. The van der Waals surface area contributed by atoms with Gasteiger partial charge in [-0.05, 0) is 110 Å². The number of hydrogen-bond acceptors (Lipinski definition) is 6. The highest BCUT2D eigenvalue weighted by molar-refractivity contribution is 5.96. The number of nitrogens with one attached hydrogen (secondary N) is 2. The molecule has 0 unspecified atom stereocenters. The van der Waals surface area contributed by atoms with Crippen LogP contribution in [0.5, 0.6) is 0 Å². The first-order valence-electron chi connectivity index (χ1n) is 19.7. The molecule has 2 atom stereocenters. The third-order valence-electron chi connectivity index (χ3n) is 10.5. The van der Waals surface area contributed by atoms with Gasteiger partial charge in [-0.3, -0.25) is 4.79 Å². The fourth-order valence-corrected chi connectivity index (χ4v) is 7.32. The lowest BCUT2D eigenvalue weighted by Crippen LogP contribution is -2.52. The summed E-state index contributed by atoms with van der Waals surface area (Å²) in [4.78, 5) is 35.0. The summed E-state index contributed by atoms with van der Waals surface area (Å²) in [5.41, 5.74) is 3.29. The Morgan fingerprint density at radius 3 is 2.41 bits per heavy atom. The maximum atomic E-state index is 14.6. The minimum atomic E-state index is -0.966. The van der Waals surface area contributed by atoms with Gasteiger partial charge in [-0.1, -0.05) is 51.3 Å². The van der Waals surface area contributed by atoms with Crippen LogP contribution in [0.2, 0.25) is 0 Å². The van der Waals surface area contributed by atoms with E-state index >= 15 is 0 Å². The van der Waals surface area contributed by atoms with E-state index in [1.54, 1.807) is 24.4 Å². The number of benzene rings is 3. The van der Waals surface area contributed by atoms with Gasteiger partial charge in [0.25, 0.3) is 5.91 Å². The van der Waals surface area contributed by atoms with Gasteiger partial charge in [0.2, 0.25) is 0 Å². The molecule has 1 saturated carbocycles. The third kappa shape index (κ3) is 9.82. The number of carbonyl (C=O) groups is 2. The fourth-order valence-electron chi connectivity index (χ4n) is 7.32. The smallest absolute Gasteiger partial charge is 0.338 e. The Hall–Kier alpha value is -5.53. The van der Waals surface area contributed by atoms with Crippen molar-refractivity contribution in [2.24, 2.45) is 0 Å². The molecule has 10 heteroatoms. The number of terminal acetylenes is 1. The van der Waals surface area contributed by atoms with E-state index in [1.807, 2.05) is 48.7 Å². The van der Waals surface area contributed by atoms with E-state index < -0.39 is 41.2 Å². The van der Waals surface area contributed by atoms with Crippen molar-refractivity contribution in [3.05, 3.63) is 131 Å². The van der Waals surface area contributed by atoms with Gasteiger partial charge in [-0.25, -0.2) is 18.6 Å². The zero-order valence-corrected chi connectivity index (χ0v) is 32.5. The lowest BCUT2D eigenvalue weighted by Gasteiger charge is -2.31. The third-order valence-corrected chi connectivity index (χ3v) is 10.5. The number of rotatable bonds is 19. The Kier molecular flexibility index (Phi) is 13.2. The molecule has 0 radical (unpaired) electrons. The van der Waals surface area contributed by atoms with Crippen LogP contribution in [0.25, 0.3) is 10.9 Å². The fraction of sp³-hybridized carbons (Fsp3) is 0.370. The first-order chi connectivity index (χ1) is 27.1. The summed E-state index contributed by atoms with van der Waals surface area (Å²) in [6.45, 7) is 8.83. The molecule has 0 saturated heterocycles. The number of pyridine rings is 1. The number of halogens is 2. The van der Waals surface area contributed by atoms with Crippen LogP contribution >= 0.6 is 0 Å². The van der Waals surface area contributed by atoms with Crippen LogP contribution in [0.3, 0.4) is 0 Å². The number of hydrogen-bond donors (Lipinski definition) is 2. The monoisotopic (exact) mass is 759 g/mol. The summed E-state index contributed by atoms with van der Waals surface area (Å²) in [6.07, 6.45) is 13.9. The molecule has 1 amide bonds. The summed E-state index contributed by atoms with van der Waals surface area (Å²) in [6, 6.07) is 21.0. The van der Waals surface area contributed by atoms with Crippen LogP contribution in [-0.4, -0.2) is 53.2 Å². The normalized spacial score (nSPS) is 14.1. The van der Waals surface area contributed by atoms with E-state index in [2.05, 4.69) is 51.8 Å². The lowest BCUT2D eigenvalue weighted by atomic mass is 9.98. The summed E-state index contributed by atoms with van der Waals surface area (Å²) >= 11 is 0. The van der Waals surface area contributed by atoms with Crippen molar-refractivity contribution in [2.75, 3.05) is 24.5 Å². The quantitative estimate of drug-likeness (QED) is 0.0648. The molecule has 5 aromatic rings. The van der Waals surface area contributed by atoms with Gasteiger partial charge >= 0.3 is 5.97 Å². The number of amides is 1. The van der Waals surface area contributed by atoms with Crippen molar-refractivity contribution in [1.82, 2.24) is 20.2 Å². The second-order valence-corrected chi connectivity index (χ2v) is 14.7. The molecule has 6 rings (SSSR count). The Balaban J connectivity index is 1.35. The molecule has 56 heavy (non-hydrogen) atoms. The van der Waals surface area contributed by atoms with Gasteiger partial charge in [-0.2, -0.15) is 0 Å². The minimum absolute atomic E-state index is 0.0196. The Bertz CT molecular complexity index is 2160. The molecule has 3 aromatic carbocycles. The molecule has 1 aliphatic carbocycles. The van der Waals surface area contributed by atoms with Crippen molar-refractivity contribution >= 4 is 28.6 Å². The number of esters is 1. The van der Waals surface area contributed by atoms with E-state index in [0.29, 0.717) is 22.5 Å². The molecule has 1 aliphatic rings. The highest BCUT2D eigenvalue weighted by Crippen LogP contribution is 2.45. The lowest BCUT2D eigenvalue weighted by molar-refractivity contribution is 0.0187. The molecule has 1 fully saturated rings. The van der Waals surface area contributed by atoms with E-state index in [-0.39, 0.29) is 13.0 Å².